The van der Waals surface area contributed by atoms with E-state index in [-0.39, 0.29) is 12.0 Å². The number of piperidine rings is 1. The van der Waals surface area contributed by atoms with Gasteiger partial charge < -0.3 is 15.4 Å². The van der Waals surface area contributed by atoms with E-state index in [0.717, 1.165) is 5.56 Å². The maximum Gasteiger partial charge on any atom is 0.410 e. The number of amidine groups is 1. The van der Waals surface area contributed by atoms with Gasteiger partial charge in [-0.15, -0.1) is 0 Å². The number of nitrogens with two attached hydrogens (primary N) is 1. The Balaban J connectivity index is 1.77. The summed E-state index contributed by atoms with van der Waals surface area (Å²) in [6, 6.07) is 6.71. The summed E-state index contributed by atoms with van der Waals surface area (Å²) in [6.07, 6.45) is 0.517. The SMILES string of the molecule is CN1C(=O)C2(CCN(C(=O)OC(C)(C)C)CC2)N=C1c1ccc(C(N)=O)cc1. The van der Waals surface area contributed by atoms with Crippen LogP contribution < -0.4 is 5.73 Å². The van der Waals surface area contributed by atoms with Crippen molar-refractivity contribution >= 4 is 23.7 Å². The number of primary amides is 1. The molecule has 3 amide bonds. The van der Waals surface area contributed by atoms with E-state index in [0.29, 0.717) is 37.3 Å². The molecule has 1 aromatic carbocycles. The monoisotopic (exact) mass is 386 g/mol. The van der Waals surface area contributed by atoms with Gasteiger partial charge in [0.05, 0.1) is 0 Å². The lowest BCUT2D eigenvalue weighted by Crippen LogP contribution is -2.51. The average Bonchev–Trinajstić information content (AvgIpc) is 2.86. The minimum atomic E-state index is -0.856. The Kier molecular flexibility index (Phi) is 4.91. The molecule has 0 aliphatic carbocycles. The third-order valence-corrected chi connectivity index (χ3v) is 5.01. The molecule has 150 valence electrons. The molecule has 0 bridgehead atoms. The fourth-order valence-corrected chi connectivity index (χ4v) is 3.49. The van der Waals surface area contributed by atoms with Crippen molar-refractivity contribution in [3.8, 4) is 0 Å². The first-order chi connectivity index (χ1) is 13.0. The van der Waals surface area contributed by atoms with E-state index in [1.54, 1.807) is 41.1 Å². The van der Waals surface area contributed by atoms with Crippen LogP contribution >= 0.6 is 0 Å². The van der Waals surface area contributed by atoms with Crippen LogP contribution in [0.2, 0.25) is 0 Å². The quantitative estimate of drug-likeness (QED) is 0.836. The lowest BCUT2D eigenvalue weighted by atomic mass is 9.88. The molecule has 2 N–H and O–H groups in total. The topological polar surface area (TPSA) is 105 Å². The van der Waals surface area contributed by atoms with Gasteiger partial charge in [0.2, 0.25) is 5.91 Å². The van der Waals surface area contributed by atoms with Crippen molar-refractivity contribution in [2.45, 2.75) is 44.8 Å². The van der Waals surface area contributed by atoms with Gasteiger partial charge in [-0.05, 0) is 45.7 Å². The third kappa shape index (κ3) is 3.72. The van der Waals surface area contributed by atoms with Crippen molar-refractivity contribution in [2.24, 2.45) is 10.7 Å². The molecule has 0 atom stereocenters. The first-order valence-electron chi connectivity index (χ1n) is 9.29. The van der Waals surface area contributed by atoms with Crippen molar-refractivity contribution in [3.63, 3.8) is 0 Å². The molecule has 0 radical (unpaired) electrons. The van der Waals surface area contributed by atoms with E-state index in [2.05, 4.69) is 0 Å². The number of carbonyl (C=O) groups is 3. The third-order valence-electron chi connectivity index (χ3n) is 5.01. The molecular weight excluding hydrogens is 360 g/mol. The number of likely N-dealkylation sites (N-methyl/N-ethyl adjacent to an activating group) is 1. The number of rotatable bonds is 2. The van der Waals surface area contributed by atoms with Crippen LogP contribution in [0.15, 0.2) is 29.3 Å². The maximum atomic E-state index is 12.9. The average molecular weight is 386 g/mol. The van der Waals surface area contributed by atoms with Gasteiger partial charge in [-0.1, -0.05) is 12.1 Å². The molecule has 8 heteroatoms. The summed E-state index contributed by atoms with van der Waals surface area (Å²) in [5.74, 6) is -0.0209. The van der Waals surface area contributed by atoms with Crippen molar-refractivity contribution in [1.82, 2.24) is 9.80 Å². The highest BCUT2D eigenvalue weighted by atomic mass is 16.6. The van der Waals surface area contributed by atoms with Crippen molar-refractivity contribution < 1.29 is 19.1 Å². The molecular formula is C20H26N4O4. The largest absolute Gasteiger partial charge is 0.444 e. The van der Waals surface area contributed by atoms with Crippen LogP contribution in [0.3, 0.4) is 0 Å². The van der Waals surface area contributed by atoms with Crippen molar-refractivity contribution in [3.05, 3.63) is 35.4 Å². The number of hydrogen-bond acceptors (Lipinski definition) is 5. The van der Waals surface area contributed by atoms with E-state index in [1.807, 2.05) is 20.8 Å². The molecule has 3 rings (SSSR count). The van der Waals surface area contributed by atoms with Crippen LogP contribution in [0, 0.1) is 0 Å². The van der Waals surface area contributed by atoms with Crippen molar-refractivity contribution in [1.29, 1.82) is 0 Å². The number of carbonyl (C=O) groups excluding carboxylic acids is 3. The predicted molar refractivity (Wildman–Crippen MR) is 104 cm³/mol. The smallest absolute Gasteiger partial charge is 0.410 e. The maximum absolute atomic E-state index is 12.9. The Labute approximate surface area is 164 Å². The number of hydrogen-bond donors (Lipinski definition) is 1. The molecule has 2 heterocycles. The molecule has 1 spiro atoms. The van der Waals surface area contributed by atoms with Crippen LogP contribution in [-0.2, 0) is 9.53 Å². The second-order valence-corrected chi connectivity index (χ2v) is 8.24. The van der Waals surface area contributed by atoms with E-state index < -0.39 is 17.0 Å². The van der Waals surface area contributed by atoms with Gasteiger partial charge in [0, 0.05) is 31.3 Å². The molecule has 28 heavy (non-hydrogen) atoms. The predicted octanol–water partition coefficient (Wildman–Crippen LogP) is 1.77. The fourth-order valence-electron chi connectivity index (χ4n) is 3.49. The Hall–Kier alpha value is -2.90. The standard InChI is InChI=1S/C20H26N4O4/c1-19(2,3)28-18(27)24-11-9-20(10-12-24)17(26)23(4)16(22-20)14-7-5-13(6-8-14)15(21)25/h5-8H,9-12H2,1-4H3,(H2,21,25). The highest BCUT2D eigenvalue weighted by molar-refractivity contribution is 6.15. The number of likely N-dealkylation sites (tertiary alicyclic amines) is 1. The van der Waals surface area contributed by atoms with Crippen LogP contribution in [0.5, 0.6) is 0 Å². The van der Waals surface area contributed by atoms with Gasteiger partial charge in [-0.25, -0.2) is 4.79 Å². The second kappa shape index (κ2) is 6.92. The van der Waals surface area contributed by atoms with Crippen LogP contribution in [0.25, 0.3) is 0 Å². The van der Waals surface area contributed by atoms with E-state index in [9.17, 15) is 14.4 Å². The van der Waals surface area contributed by atoms with Gasteiger partial charge in [0.25, 0.3) is 5.91 Å². The van der Waals surface area contributed by atoms with Crippen LogP contribution in [-0.4, -0.2) is 64.8 Å². The number of aliphatic imine (C=N–C) groups is 1. The zero-order chi connectivity index (χ0) is 20.7. The summed E-state index contributed by atoms with van der Waals surface area (Å²) in [5, 5.41) is 0. The van der Waals surface area contributed by atoms with E-state index in [4.69, 9.17) is 15.5 Å². The van der Waals surface area contributed by atoms with Gasteiger partial charge in [-0.3, -0.25) is 19.5 Å². The fraction of sp³-hybridized carbons (Fsp3) is 0.500. The molecule has 2 aliphatic heterocycles. The zero-order valence-electron chi connectivity index (χ0n) is 16.7. The van der Waals surface area contributed by atoms with Crippen LogP contribution in [0.1, 0.15) is 49.5 Å². The Morgan fingerprint density at radius 3 is 2.21 bits per heavy atom. The van der Waals surface area contributed by atoms with Gasteiger partial charge in [0.15, 0.2) is 0 Å². The minimum absolute atomic E-state index is 0.0784. The number of nitrogens with zero attached hydrogens (tertiary/aromatic N) is 3. The van der Waals surface area contributed by atoms with Gasteiger partial charge in [0.1, 0.15) is 17.0 Å². The molecule has 0 unspecified atom stereocenters. The summed E-state index contributed by atoms with van der Waals surface area (Å²) >= 11 is 0. The molecule has 0 aromatic heterocycles. The molecule has 1 aromatic rings. The Bertz CT molecular complexity index is 831. The summed E-state index contributed by atoms with van der Waals surface area (Å²) in [5.41, 5.74) is 5.01. The first kappa shape index (κ1) is 19.9. The summed E-state index contributed by atoms with van der Waals surface area (Å²) in [6.45, 7) is 6.29. The lowest BCUT2D eigenvalue weighted by Gasteiger charge is -2.36. The van der Waals surface area contributed by atoms with Gasteiger partial charge >= 0.3 is 6.09 Å². The van der Waals surface area contributed by atoms with E-state index >= 15 is 0 Å². The number of ether oxygens (including phenoxy) is 1. The minimum Gasteiger partial charge on any atom is -0.444 e. The number of benzene rings is 1. The molecule has 2 aliphatic rings. The summed E-state index contributed by atoms with van der Waals surface area (Å²) in [4.78, 5) is 44.4. The molecule has 8 nitrogen and oxygen atoms in total. The van der Waals surface area contributed by atoms with Crippen LogP contribution in [0.4, 0.5) is 4.79 Å². The highest BCUT2D eigenvalue weighted by Gasteiger charge is 2.49. The first-order valence-corrected chi connectivity index (χ1v) is 9.29. The molecule has 0 saturated carbocycles. The lowest BCUT2D eigenvalue weighted by molar-refractivity contribution is -0.131. The van der Waals surface area contributed by atoms with Gasteiger partial charge in [-0.2, -0.15) is 0 Å². The Morgan fingerprint density at radius 2 is 1.71 bits per heavy atom. The van der Waals surface area contributed by atoms with Crippen molar-refractivity contribution in [2.75, 3.05) is 20.1 Å². The molecule has 1 fully saturated rings. The highest BCUT2D eigenvalue weighted by Crippen LogP contribution is 2.35. The zero-order valence-corrected chi connectivity index (χ0v) is 16.7. The van der Waals surface area contributed by atoms with E-state index in [1.165, 1.54) is 0 Å². The Morgan fingerprint density at radius 1 is 1.14 bits per heavy atom. The second-order valence-electron chi connectivity index (χ2n) is 8.24. The molecule has 1 saturated heterocycles. The summed E-state index contributed by atoms with van der Waals surface area (Å²) in [7, 11) is 1.69. The number of amides is 3. The summed E-state index contributed by atoms with van der Waals surface area (Å²) < 4.78 is 5.42. The normalized spacial score (nSPS) is 19.0.